The zero-order chi connectivity index (χ0) is 24.1. The normalized spacial score (nSPS) is 18.1. The Morgan fingerprint density at radius 3 is 2.88 bits per heavy atom. The summed E-state index contributed by atoms with van der Waals surface area (Å²) in [6.45, 7) is 5.15. The van der Waals surface area contributed by atoms with Crippen molar-refractivity contribution in [2.75, 3.05) is 11.9 Å². The first kappa shape index (κ1) is 23.6. The standard InChI is InChI=1S/C22H31N9O3/c1-4-5-11-23-22-26-29-31(27-22)13-18-20(25-28-30(18)3)17-9-10-19(14(2)24-17)34-16-8-6-7-15(12-16)21(32)33/h9-10,15-16H,4-8,11-13H2,1-3H3,(H,23,27)(H,32,33)/t15-,16?/m0/s1. The lowest BCUT2D eigenvalue weighted by Gasteiger charge is -2.27. The van der Waals surface area contributed by atoms with Gasteiger partial charge in [-0.3, -0.25) is 4.79 Å². The summed E-state index contributed by atoms with van der Waals surface area (Å²) in [6, 6.07) is 3.71. The molecular weight excluding hydrogens is 438 g/mol. The van der Waals surface area contributed by atoms with Crippen molar-refractivity contribution in [2.45, 2.75) is 65.0 Å². The fraction of sp³-hybridized carbons (Fsp3) is 0.591. The highest BCUT2D eigenvalue weighted by molar-refractivity contribution is 5.70. The van der Waals surface area contributed by atoms with Gasteiger partial charge in [-0.2, -0.15) is 4.80 Å². The zero-order valence-electron chi connectivity index (χ0n) is 19.8. The predicted octanol–water partition coefficient (Wildman–Crippen LogP) is 2.45. The first-order valence-corrected chi connectivity index (χ1v) is 11.7. The number of rotatable bonds is 10. The van der Waals surface area contributed by atoms with E-state index >= 15 is 0 Å². The number of unbranched alkanes of at least 4 members (excludes halogenated alkanes) is 1. The molecule has 0 bridgehead atoms. The number of tetrazole rings is 1. The summed E-state index contributed by atoms with van der Waals surface area (Å²) in [5.74, 6) is 0.0556. The Hall–Kier alpha value is -3.57. The van der Waals surface area contributed by atoms with Crippen LogP contribution in [0, 0.1) is 12.8 Å². The second kappa shape index (κ2) is 10.6. The molecule has 1 fully saturated rings. The maximum absolute atomic E-state index is 11.3. The SMILES string of the molecule is CCCCNc1nnn(Cc2c(-c3ccc(OC4CCC[C@H](C(=O)O)C4)c(C)n3)nnn2C)n1. The third-order valence-electron chi connectivity index (χ3n) is 6.05. The Bertz CT molecular complexity index is 1130. The van der Waals surface area contributed by atoms with Crippen LogP contribution in [-0.4, -0.2) is 63.9 Å². The molecule has 1 saturated carbocycles. The molecule has 4 rings (SSSR count). The van der Waals surface area contributed by atoms with E-state index in [9.17, 15) is 9.90 Å². The molecule has 12 heteroatoms. The number of aromatic nitrogens is 8. The van der Waals surface area contributed by atoms with Crippen LogP contribution < -0.4 is 10.1 Å². The minimum Gasteiger partial charge on any atom is -0.489 e. The Morgan fingerprint density at radius 2 is 2.12 bits per heavy atom. The summed E-state index contributed by atoms with van der Waals surface area (Å²) in [6.07, 6.45) is 4.93. The monoisotopic (exact) mass is 469 g/mol. The summed E-state index contributed by atoms with van der Waals surface area (Å²) in [7, 11) is 1.81. The molecule has 12 nitrogen and oxygen atoms in total. The number of aliphatic carboxylic acids is 1. The van der Waals surface area contributed by atoms with Gasteiger partial charge in [-0.15, -0.1) is 10.2 Å². The molecule has 1 aliphatic rings. The number of nitrogens with zero attached hydrogens (tertiary/aromatic N) is 8. The molecule has 0 radical (unpaired) electrons. The average Bonchev–Trinajstić information content (AvgIpc) is 3.42. The van der Waals surface area contributed by atoms with Gasteiger partial charge in [0.1, 0.15) is 18.0 Å². The quantitative estimate of drug-likeness (QED) is 0.424. The molecule has 3 aromatic rings. The van der Waals surface area contributed by atoms with Gasteiger partial charge in [-0.1, -0.05) is 23.7 Å². The molecule has 3 heterocycles. The van der Waals surface area contributed by atoms with Crippen molar-refractivity contribution in [2.24, 2.45) is 13.0 Å². The molecule has 2 N–H and O–H groups in total. The van der Waals surface area contributed by atoms with Gasteiger partial charge >= 0.3 is 5.97 Å². The van der Waals surface area contributed by atoms with E-state index in [0.717, 1.165) is 37.9 Å². The van der Waals surface area contributed by atoms with E-state index in [2.05, 4.69) is 38.0 Å². The lowest BCUT2D eigenvalue weighted by Crippen LogP contribution is -2.29. The predicted molar refractivity (Wildman–Crippen MR) is 123 cm³/mol. The fourth-order valence-corrected chi connectivity index (χ4v) is 4.11. The second-order valence-electron chi connectivity index (χ2n) is 8.65. The van der Waals surface area contributed by atoms with Crippen molar-refractivity contribution >= 4 is 11.9 Å². The number of nitrogens with one attached hydrogen (secondary N) is 1. The number of aryl methyl sites for hydroxylation is 2. The number of hydrogen-bond donors (Lipinski definition) is 2. The largest absolute Gasteiger partial charge is 0.489 e. The molecule has 3 aromatic heterocycles. The number of pyridine rings is 1. The van der Waals surface area contributed by atoms with E-state index in [1.165, 1.54) is 4.80 Å². The number of carbonyl (C=O) groups is 1. The van der Waals surface area contributed by atoms with Crippen molar-refractivity contribution in [3.8, 4) is 17.1 Å². The fourth-order valence-electron chi connectivity index (χ4n) is 4.11. The molecule has 1 aliphatic carbocycles. The van der Waals surface area contributed by atoms with Crippen molar-refractivity contribution < 1.29 is 14.6 Å². The Labute approximate surface area is 197 Å². The van der Waals surface area contributed by atoms with Gasteiger partial charge in [0, 0.05) is 13.6 Å². The summed E-state index contributed by atoms with van der Waals surface area (Å²) in [4.78, 5) is 17.5. The van der Waals surface area contributed by atoms with Crippen LogP contribution in [0.2, 0.25) is 0 Å². The lowest BCUT2D eigenvalue weighted by atomic mass is 9.87. The molecule has 0 spiro atoms. The first-order valence-electron chi connectivity index (χ1n) is 11.7. The number of carboxylic acids is 1. The van der Waals surface area contributed by atoms with Crippen LogP contribution >= 0.6 is 0 Å². The number of carboxylic acid groups (broad SMARTS) is 1. The summed E-state index contributed by atoms with van der Waals surface area (Å²) >= 11 is 0. The highest BCUT2D eigenvalue weighted by atomic mass is 16.5. The van der Waals surface area contributed by atoms with Crippen molar-refractivity contribution in [3.63, 3.8) is 0 Å². The molecular formula is C22H31N9O3. The summed E-state index contributed by atoms with van der Waals surface area (Å²) < 4.78 is 7.80. The molecule has 0 saturated heterocycles. The molecule has 1 unspecified atom stereocenters. The van der Waals surface area contributed by atoms with E-state index in [1.807, 2.05) is 26.1 Å². The van der Waals surface area contributed by atoms with Crippen LogP contribution in [0.4, 0.5) is 5.95 Å². The van der Waals surface area contributed by atoms with E-state index in [-0.39, 0.29) is 12.0 Å². The minimum absolute atomic E-state index is 0.119. The van der Waals surface area contributed by atoms with E-state index in [0.29, 0.717) is 48.2 Å². The van der Waals surface area contributed by atoms with Crippen LogP contribution in [-0.2, 0) is 18.4 Å². The second-order valence-corrected chi connectivity index (χ2v) is 8.65. The maximum atomic E-state index is 11.3. The minimum atomic E-state index is -0.751. The van der Waals surface area contributed by atoms with Gasteiger partial charge in [-0.05, 0) is 56.4 Å². The van der Waals surface area contributed by atoms with Crippen LogP contribution in [0.3, 0.4) is 0 Å². The topological polar surface area (TPSA) is 146 Å². The van der Waals surface area contributed by atoms with Gasteiger partial charge < -0.3 is 15.2 Å². The third kappa shape index (κ3) is 5.49. The molecule has 2 atom stereocenters. The lowest BCUT2D eigenvalue weighted by molar-refractivity contribution is -0.143. The molecule has 182 valence electrons. The Kier molecular flexibility index (Phi) is 7.33. The van der Waals surface area contributed by atoms with Crippen LogP contribution in [0.15, 0.2) is 12.1 Å². The number of anilines is 1. The summed E-state index contributed by atoms with van der Waals surface area (Å²) in [5.41, 5.74) is 2.82. The van der Waals surface area contributed by atoms with Gasteiger partial charge in [0.15, 0.2) is 0 Å². The zero-order valence-corrected chi connectivity index (χ0v) is 19.8. The molecule has 34 heavy (non-hydrogen) atoms. The number of hydrogen-bond acceptors (Lipinski definition) is 9. The highest BCUT2D eigenvalue weighted by Gasteiger charge is 2.28. The number of ether oxygens (including phenoxy) is 1. The van der Waals surface area contributed by atoms with Gasteiger partial charge in [0.05, 0.1) is 29.1 Å². The highest BCUT2D eigenvalue weighted by Crippen LogP contribution is 2.30. The van der Waals surface area contributed by atoms with Crippen LogP contribution in [0.25, 0.3) is 11.4 Å². The summed E-state index contributed by atoms with van der Waals surface area (Å²) in [5, 5.41) is 33.5. The first-order chi connectivity index (χ1) is 16.4. The molecule has 0 aromatic carbocycles. The maximum Gasteiger partial charge on any atom is 0.306 e. The molecule has 0 aliphatic heterocycles. The van der Waals surface area contributed by atoms with Crippen molar-refractivity contribution in [1.29, 1.82) is 0 Å². The van der Waals surface area contributed by atoms with Gasteiger partial charge in [0.25, 0.3) is 5.95 Å². The van der Waals surface area contributed by atoms with E-state index < -0.39 is 5.97 Å². The van der Waals surface area contributed by atoms with Gasteiger partial charge in [0.2, 0.25) is 0 Å². The van der Waals surface area contributed by atoms with Crippen LogP contribution in [0.5, 0.6) is 5.75 Å². The van der Waals surface area contributed by atoms with Gasteiger partial charge in [-0.25, -0.2) is 9.67 Å². The smallest absolute Gasteiger partial charge is 0.306 e. The third-order valence-corrected chi connectivity index (χ3v) is 6.05. The average molecular weight is 470 g/mol. The van der Waals surface area contributed by atoms with E-state index in [1.54, 1.807) is 4.68 Å². The Morgan fingerprint density at radius 1 is 1.26 bits per heavy atom. The molecule has 0 amide bonds. The van der Waals surface area contributed by atoms with E-state index in [4.69, 9.17) is 9.72 Å². The van der Waals surface area contributed by atoms with Crippen LogP contribution in [0.1, 0.15) is 56.8 Å². The van der Waals surface area contributed by atoms with Crippen molar-refractivity contribution in [1.82, 2.24) is 40.2 Å². The van der Waals surface area contributed by atoms with Crippen molar-refractivity contribution in [3.05, 3.63) is 23.5 Å². The Balaban J connectivity index is 1.47.